The van der Waals surface area contributed by atoms with E-state index in [2.05, 4.69) is 5.32 Å². The number of nitrogens with zero attached hydrogens (tertiary/aromatic N) is 1. The second-order valence-corrected chi connectivity index (χ2v) is 7.27. The minimum atomic E-state index is -0.166. The number of hydrogen-bond acceptors (Lipinski definition) is 2. The molecule has 5 heteroatoms. The number of halogens is 2. The SMILES string of the molecule is N#Cc1ccc(C(=O)NCCC(c2cccc(Cl)c2)c2cccc(Cl)c2)cc1. The number of rotatable bonds is 6. The zero-order valence-corrected chi connectivity index (χ0v) is 16.5. The van der Waals surface area contributed by atoms with E-state index < -0.39 is 0 Å². The first-order valence-electron chi connectivity index (χ1n) is 8.86. The van der Waals surface area contributed by atoms with Crippen molar-refractivity contribution in [2.24, 2.45) is 0 Å². The monoisotopic (exact) mass is 408 g/mol. The lowest BCUT2D eigenvalue weighted by molar-refractivity contribution is 0.0953. The molecule has 3 aromatic rings. The molecule has 1 amide bonds. The van der Waals surface area contributed by atoms with Gasteiger partial charge in [-0.05, 0) is 66.1 Å². The van der Waals surface area contributed by atoms with Crippen LogP contribution in [0, 0.1) is 11.3 Å². The number of amides is 1. The minimum Gasteiger partial charge on any atom is -0.352 e. The predicted octanol–water partition coefficient (Wildman–Crippen LogP) is 5.82. The molecule has 0 heterocycles. The molecule has 0 saturated carbocycles. The molecule has 140 valence electrons. The van der Waals surface area contributed by atoms with Gasteiger partial charge in [-0.2, -0.15) is 5.26 Å². The van der Waals surface area contributed by atoms with E-state index in [9.17, 15) is 4.79 Å². The van der Waals surface area contributed by atoms with Gasteiger partial charge in [0.2, 0.25) is 0 Å². The fourth-order valence-electron chi connectivity index (χ4n) is 3.10. The zero-order valence-electron chi connectivity index (χ0n) is 15.0. The topological polar surface area (TPSA) is 52.9 Å². The summed E-state index contributed by atoms with van der Waals surface area (Å²) < 4.78 is 0. The molecule has 0 aliphatic rings. The smallest absolute Gasteiger partial charge is 0.251 e. The number of carbonyl (C=O) groups excluding carboxylic acids is 1. The molecule has 0 spiro atoms. The van der Waals surface area contributed by atoms with E-state index in [1.165, 1.54) is 0 Å². The van der Waals surface area contributed by atoms with Gasteiger partial charge in [-0.15, -0.1) is 0 Å². The standard InChI is InChI=1S/C23H18Cl2N2O/c24-20-5-1-3-18(13-20)22(19-4-2-6-21(25)14-19)11-12-27-23(28)17-9-7-16(15-26)8-10-17/h1-10,13-14,22H,11-12H2,(H,27,28). The van der Waals surface area contributed by atoms with Crippen LogP contribution in [-0.2, 0) is 0 Å². The van der Waals surface area contributed by atoms with E-state index >= 15 is 0 Å². The van der Waals surface area contributed by atoms with Crippen molar-refractivity contribution in [3.05, 3.63) is 105 Å². The molecule has 3 aromatic carbocycles. The Balaban J connectivity index is 1.73. The van der Waals surface area contributed by atoms with E-state index in [1.807, 2.05) is 54.6 Å². The highest BCUT2D eigenvalue weighted by molar-refractivity contribution is 6.31. The van der Waals surface area contributed by atoms with Crippen LogP contribution in [-0.4, -0.2) is 12.5 Å². The van der Waals surface area contributed by atoms with E-state index in [4.69, 9.17) is 28.5 Å². The Labute approximate surface area is 174 Å². The molecule has 0 fully saturated rings. The first-order chi connectivity index (χ1) is 13.6. The van der Waals surface area contributed by atoms with Gasteiger partial charge < -0.3 is 5.32 Å². The average molecular weight is 409 g/mol. The molecule has 3 rings (SSSR count). The van der Waals surface area contributed by atoms with Gasteiger partial charge in [-0.1, -0.05) is 47.5 Å². The van der Waals surface area contributed by atoms with Crippen LogP contribution in [0.5, 0.6) is 0 Å². The highest BCUT2D eigenvalue weighted by Gasteiger charge is 2.16. The molecule has 0 radical (unpaired) electrons. The molecule has 0 aliphatic heterocycles. The molecule has 0 bridgehead atoms. The third-order valence-electron chi connectivity index (χ3n) is 4.50. The molecule has 0 saturated heterocycles. The Morgan fingerprint density at radius 2 is 1.50 bits per heavy atom. The fourth-order valence-corrected chi connectivity index (χ4v) is 3.50. The number of benzene rings is 3. The summed E-state index contributed by atoms with van der Waals surface area (Å²) in [5, 5.41) is 13.1. The Kier molecular flexibility index (Phi) is 6.71. The lowest BCUT2D eigenvalue weighted by Gasteiger charge is -2.19. The quantitative estimate of drug-likeness (QED) is 0.558. The lowest BCUT2D eigenvalue weighted by atomic mass is 9.88. The summed E-state index contributed by atoms with van der Waals surface area (Å²) in [5.41, 5.74) is 3.20. The number of nitrogens with one attached hydrogen (secondary N) is 1. The molecular formula is C23H18Cl2N2O. The van der Waals surface area contributed by atoms with Crippen LogP contribution in [0.3, 0.4) is 0 Å². The molecule has 0 atom stereocenters. The van der Waals surface area contributed by atoms with Crippen LogP contribution in [0.25, 0.3) is 0 Å². The summed E-state index contributed by atoms with van der Waals surface area (Å²) in [5.74, 6) is -0.112. The van der Waals surface area contributed by atoms with Gasteiger partial charge in [0, 0.05) is 28.1 Å². The van der Waals surface area contributed by atoms with Crippen molar-refractivity contribution >= 4 is 29.1 Å². The number of carbonyl (C=O) groups is 1. The van der Waals surface area contributed by atoms with Gasteiger partial charge in [0.1, 0.15) is 0 Å². The van der Waals surface area contributed by atoms with E-state index in [0.717, 1.165) is 11.1 Å². The zero-order chi connectivity index (χ0) is 19.9. The van der Waals surface area contributed by atoms with Gasteiger partial charge in [0.05, 0.1) is 11.6 Å². The Hall–Kier alpha value is -2.80. The molecular weight excluding hydrogens is 391 g/mol. The van der Waals surface area contributed by atoms with Crippen molar-refractivity contribution in [3.8, 4) is 6.07 Å². The van der Waals surface area contributed by atoms with Gasteiger partial charge in [-0.25, -0.2) is 0 Å². The molecule has 0 unspecified atom stereocenters. The summed E-state index contributed by atoms with van der Waals surface area (Å²) in [6.07, 6.45) is 0.697. The van der Waals surface area contributed by atoms with Crippen LogP contribution in [0.15, 0.2) is 72.8 Å². The van der Waals surface area contributed by atoms with Gasteiger partial charge in [0.15, 0.2) is 0 Å². The summed E-state index contributed by atoms with van der Waals surface area (Å²) in [7, 11) is 0. The van der Waals surface area contributed by atoms with Crippen LogP contribution >= 0.6 is 23.2 Å². The van der Waals surface area contributed by atoms with E-state index in [0.29, 0.717) is 34.1 Å². The lowest BCUT2D eigenvalue weighted by Crippen LogP contribution is -2.25. The first-order valence-corrected chi connectivity index (χ1v) is 9.61. The number of nitriles is 1. The maximum atomic E-state index is 12.4. The second-order valence-electron chi connectivity index (χ2n) is 6.40. The molecule has 1 N–H and O–H groups in total. The highest BCUT2D eigenvalue weighted by atomic mass is 35.5. The maximum Gasteiger partial charge on any atom is 0.251 e. The molecule has 0 aliphatic carbocycles. The van der Waals surface area contributed by atoms with Crippen LogP contribution in [0.1, 0.15) is 39.4 Å². The van der Waals surface area contributed by atoms with Gasteiger partial charge in [0.25, 0.3) is 5.91 Å². The average Bonchev–Trinajstić information content (AvgIpc) is 2.71. The third kappa shape index (κ3) is 5.13. The molecule has 0 aromatic heterocycles. The Morgan fingerprint density at radius 1 is 0.929 bits per heavy atom. The predicted molar refractivity (Wildman–Crippen MR) is 113 cm³/mol. The fraction of sp³-hybridized carbons (Fsp3) is 0.130. The van der Waals surface area contributed by atoms with Crippen molar-refractivity contribution in [2.45, 2.75) is 12.3 Å². The van der Waals surface area contributed by atoms with E-state index in [-0.39, 0.29) is 11.8 Å². The number of hydrogen-bond donors (Lipinski definition) is 1. The van der Waals surface area contributed by atoms with Crippen LogP contribution in [0.4, 0.5) is 0 Å². The van der Waals surface area contributed by atoms with Crippen molar-refractivity contribution in [1.29, 1.82) is 5.26 Å². The van der Waals surface area contributed by atoms with Crippen LogP contribution in [0.2, 0.25) is 10.0 Å². The van der Waals surface area contributed by atoms with Crippen molar-refractivity contribution in [2.75, 3.05) is 6.54 Å². The van der Waals surface area contributed by atoms with Crippen LogP contribution < -0.4 is 5.32 Å². The van der Waals surface area contributed by atoms with Gasteiger partial charge >= 0.3 is 0 Å². The summed E-state index contributed by atoms with van der Waals surface area (Å²) in [4.78, 5) is 12.4. The first kappa shape index (κ1) is 19.9. The third-order valence-corrected chi connectivity index (χ3v) is 4.97. The Bertz CT molecular complexity index is 964. The molecule has 28 heavy (non-hydrogen) atoms. The van der Waals surface area contributed by atoms with E-state index in [1.54, 1.807) is 24.3 Å². The van der Waals surface area contributed by atoms with Crippen molar-refractivity contribution in [1.82, 2.24) is 5.32 Å². The normalized spacial score (nSPS) is 10.5. The Morgan fingerprint density at radius 3 is 2.00 bits per heavy atom. The summed E-state index contributed by atoms with van der Waals surface area (Å²) >= 11 is 12.4. The molecule has 3 nitrogen and oxygen atoms in total. The minimum absolute atomic E-state index is 0.0543. The summed E-state index contributed by atoms with van der Waals surface area (Å²) in [6, 6.07) is 24.1. The van der Waals surface area contributed by atoms with Gasteiger partial charge in [-0.3, -0.25) is 4.79 Å². The second kappa shape index (κ2) is 9.41. The highest BCUT2D eigenvalue weighted by Crippen LogP contribution is 2.30. The maximum absolute atomic E-state index is 12.4. The van der Waals surface area contributed by atoms with Crippen molar-refractivity contribution in [3.63, 3.8) is 0 Å². The van der Waals surface area contributed by atoms with Crippen molar-refractivity contribution < 1.29 is 4.79 Å². The largest absolute Gasteiger partial charge is 0.352 e. The summed E-state index contributed by atoms with van der Waals surface area (Å²) in [6.45, 7) is 0.489.